The average molecular weight is 463 g/mol. The third-order valence-electron chi connectivity index (χ3n) is 7.00. The number of halogens is 4. The highest BCUT2D eigenvalue weighted by Gasteiger charge is 2.53. The van der Waals surface area contributed by atoms with E-state index in [4.69, 9.17) is 0 Å². The fraction of sp³-hybridized carbons (Fsp3) is 0.524. The molecule has 0 N–H and O–H groups in total. The summed E-state index contributed by atoms with van der Waals surface area (Å²) in [4.78, 5) is 21.3. The molecule has 3 fully saturated rings. The summed E-state index contributed by atoms with van der Waals surface area (Å²) in [5.41, 5.74) is 1.95. The fourth-order valence-electron chi connectivity index (χ4n) is 5.39. The van der Waals surface area contributed by atoms with E-state index in [-0.39, 0.29) is 30.8 Å². The zero-order valence-electron chi connectivity index (χ0n) is 17.5. The van der Waals surface area contributed by atoms with Crippen LogP contribution < -0.4 is 4.90 Å². The average Bonchev–Trinajstić information content (AvgIpc) is 3.46. The maximum Gasteiger partial charge on any atom is 0.333 e. The molecule has 2 unspecified atom stereocenters. The van der Waals surface area contributed by atoms with Crippen molar-refractivity contribution < 1.29 is 22.4 Å². The lowest BCUT2D eigenvalue weighted by molar-refractivity contribution is -0.162. The molecule has 3 aliphatic rings. The number of anilines is 1. The van der Waals surface area contributed by atoms with Crippen molar-refractivity contribution >= 4 is 17.2 Å². The van der Waals surface area contributed by atoms with Crippen molar-refractivity contribution in [3.05, 3.63) is 31.0 Å². The molecule has 2 saturated heterocycles. The van der Waals surface area contributed by atoms with Gasteiger partial charge >= 0.3 is 6.55 Å². The van der Waals surface area contributed by atoms with Gasteiger partial charge < -0.3 is 9.80 Å². The zero-order valence-corrected chi connectivity index (χ0v) is 17.5. The standard InChI is InChI=1S/C21H21F4N7O/c22-20(23)31-8-14(6-27-31)12-3-17-18(26-11-28-30(17)7-12)29-9-15-1-2-16(10-29)32(15)19(33)13-4-21(24,25)5-13/h3,6-8,11,13,15-16,20H,1-2,4-5,9-10H2. The fourth-order valence-corrected chi connectivity index (χ4v) is 5.39. The molecule has 8 nitrogen and oxygen atoms in total. The second kappa shape index (κ2) is 7.16. The molecule has 5 heterocycles. The Kier molecular flexibility index (Phi) is 4.43. The first-order valence-electron chi connectivity index (χ1n) is 10.9. The van der Waals surface area contributed by atoms with Gasteiger partial charge in [0, 0.05) is 67.5 Å². The number of hydrogen-bond donors (Lipinski definition) is 0. The molecular formula is C21H21F4N7O. The predicted octanol–water partition coefficient (Wildman–Crippen LogP) is 3.21. The molecule has 1 amide bonds. The van der Waals surface area contributed by atoms with Crippen molar-refractivity contribution in [1.29, 1.82) is 0 Å². The first-order valence-corrected chi connectivity index (χ1v) is 10.9. The number of carbonyl (C=O) groups is 1. The highest BCUT2D eigenvalue weighted by atomic mass is 19.3. The molecule has 0 radical (unpaired) electrons. The number of amides is 1. The van der Waals surface area contributed by atoms with Gasteiger partial charge in [-0.3, -0.25) is 4.79 Å². The Balaban J connectivity index is 1.25. The minimum Gasteiger partial charge on any atom is -0.351 e. The van der Waals surface area contributed by atoms with Gasteiger partial charge in [-0.15, -0.1) is 0 Å². The summed E-state index contributed by atoms with van der Waals surface area (Å²) in [6.07, 6.45) is 6.78. The number of rotatable bonds is 4. The number of alkyl halides is 4. The SMILES string of the molecule is O=C(C1CC(F)(F)C1)N1C2CCC1CN(c1ncnn3cc(-c4cnn(C(F)F)c4)cc13)C2. The van der Waals surface area contributed by atoms with E-state index in [1.165, 1.54) is 18.7 Å². The molecule has 3 aromatic heterocycles. The van der Waals surface area contributed by atoms with Gasteiger partial charge in [-0.25, -0.2) is 23.0 Å². The maximum absolute atomic E-state index is 13.3. The summed E-state index contributed by atoms with van der Waals surface area (Å²) < 4.78 is 54.6. The molecule has 3 aromatic rings. The summed E-state index contributed by atoms with van der Waals surface area (Å²) in [6.45, 7) is -1.60. The topological polar surface area (TPSA) is 71.6 Å². The lowest BCUT2D eigenvalue weighted by Crippen LogP contribution is -2.59. The lowest BCUT2D eigenvalue weighted by Gasteiger charge is -2.45. The Morgan fingerprint density at radius 2 is 1.79 bits per heavy atom. The smallest absolute Gasteiger partial charge is 0.333 e. The molecule has 2 bridgehead atoms. The highest BCUT2D eigenvalue weighted by molar-refractivity contribution is 5.82. The number of nitrogens with zero attached hydrogens (tertiary/aromatic N) is 7. The van der Waals surface area contributed by atoms with Crippen LogP contribution in [-0.2, 0) is 4.79 Å². The molecular weight excluding hydrogens is 442 g/mol. The molecule has 0 aromatic carbocycles. The van der Waals surface area contributed by atoms with Gasteiger partial charge in [-0.1, -0.05) is 0 Å². The Hall–Kier alpha value is -3.18. The summed E-state index contributed by atoms with van der Waals surface area (Å²) in [6, 6.07) is 1.75. The van der Waals surface area contributed by atoms with Crippen LogP contribution in [0, 0.1) is 5.92 Å². The number of piperazine rings is 1. The van der Waals surface area contributed by atoms with Crippen molar-refractivity contribution in [1.82, 2.24) is 29.3 Å². The van der Waals surface area contributed by atoms with Crippen molar-refractivity contribution in [3.8, 4) is 11.1 Å². The van der Waals surface area contributed by atoms with Gasteiger partial charge in [0.25, 0.3) is 0 Å². The van der Waals surface area contributed by atoms with Crippen LogP contribution in [0.25, 0.3) is 16.6 Å². The number of carbonyl (C=O) groups excluding carboxylic acids is 1. The van der Waals surface area contributed by atoms with Gasteiger partial charge in [0.05, 0.1) is 6.20 Å². The van der Waals surface area contributed by atoms with Crippen LogP contribution in [0.3, 0.4) is 0 Å². The first kappa shape index (κ1) is 20.4. The van der Waals surface area contributed by atoms with Crippen molar-refractivity contribution in [3.63, 3.8) is 0 Å². The minimum absolute atomic E-state index is 0.0424. The third kappa shape index (κ3) is 3.34. The normalized spacial score (nSPS) is 24.6. The van der Waals surface area contributed by atoms with Crippen LogP contribution in [0.2, 0.25) is 0 Å². The molecule has 174 valence electrons. The van der Waals surface area contributed by atoms with E-state index >= 15 is 0 Å². The van der Waals surface area contributed by atoms with Crippen LogP contribution in [0.1, 0.15) is 32.2 Å². The van der Waals surface area contributed by atoms with Crippen LogP contribution in [-0.4, -0.2) is 66.3 Å². The second-order valence-electron chi connectivity index (χ2n) is 9.13. The Morgan fingerprint density at radius 1 is 1.06 bits per heavy atom. The highest BCUT2D eigenvalue weighted by Crippen LogP contribution is 2.45. The van der Waals surface area contributed by atoms with Crippen LogP contribution in [0.4, 0.5) is 23.4 Å². The van der Waals surface area contributed by atoms with Crippen molar-refractivity contribution in [2.24, 2.45) is 5.92 Å². The first-order chi connectivity index (χ1) is 15.8. The summed E-state index contributed by atoms with van der Waals surface area (Å²) >= 11 is 0. The summed E-state index contributed by atoms with van der Waals surface area (Å²) in [5.74, 6) is -2.76. The van der Waals surface area contributed by atoms with E-state index in [0.29, 0.717) is 34.7 Å². The second-order valence-corrected chi connectivity index (χ2v) is 9.13. The van der Waals surface area contributed by atoms with E-state index in [0.717, 1.165) is 18.4 Å². The summed E-state index contributed by atoms with van der Waals surface area (Å²) in [5, 5.41) is 7.93. The molecule has 1 saturated carbocycles. The summed E-state index contributed by atoms with van der Waals surface area (Å²) in [7, 11) is 0. The number of fused-ring (bicyclic) bond motifs is 3. The maximum atomic E-state index is 13.3. The lowest BCUT2D eigenvalue weighted by atomic mass is 9.80. The Morgan fingerprint density at radius 3 is 2.42 bits per heavy atom. The Labute approximate surface area is 185 Å². The van der Waals surface area contributed by atoms with E-state index in [1.807, 2.05) is 11.0 Å². The van der Waals surface area contributed by atoms with Crippen LogP contribution in [0.15, 0.2) is 31.0 Å². The van der Waals surface area contributed by atoms with Crippen molar-refractivity contribution in [2.45, 2.75) is 50.2 Å². The molecule has 6 rings (SSSR count). The molecule has 2 atom stereocenters. The van der Waals surface area contributed by atoms with Gasteiger partial charge in [0.15, 0.2) is 5.82 Å². The van der Waals surface area contributed by atoms with E-state index in [9.17, 15) is 22.4 Å². The zero-order chi connectivity index (χ0) is 22.9. The van der Waals surface area contributed by atoms with Gasteiger partial charge in [-0.05, 0) is 18.9 Å². The van der Waals surface area contributed by atoms with Crippen LogP contribution in [0.5, 0.6) is 0 Å². The van der Waals surface area contributed by atoms with E-state index in [2.05, 4.69) is 20.1 Å². The molecule has 33 heavy (non-hydrogen) atoms. The monoisotopic (exact) mass is 463 g/mol. The largest absolute Gasteiger partial charge is 0.351 e. The predicted molar refractivity (Wildman–Crippen MR) is 109 cm³/mol. The van der Waals surface area contributed by atoms with Crippen LogP contribution >= 0.6 is 0 Å². The molecule has 12 heteroatoms. The minimum atomic E-state index is -2.72. The molecule has 1 aliphatic carbocycles. The van der Waals surface area contributed by atoms with Gasteiger partial charge in [-0.2, -0.15) is 19.0 Å². The number of hydrogen-bond acceptors (Lipinski definition) is 5. The quantitative estimate of drug-likeness (QED) is 0.556. The van der Waals surface area contributed by atoms with Crippen molar-refractivity contribution in [2.75, 3.05) is 18.0 Å². The number of aromatic nitrogens is 5. The Bertz CT molecular complexity index is 1200. The third-order valence-corrected chi connectivity index (χ3v) is 7.00. The van der Waals surface area contributed by atoms with Gasteiger partial charge in [0.1, 0.15) is 11.8 Å². The van der Waals surface area contributed by atoms with E-state index < -0.39 is 18.4 Å². The van der Waals surface area contributed by atoms with Gasteiger partial charge in [0.2, 0.25) is 11.8 Å². The van der Waals surface area contributed by atoms with E-state index in [1.54, 1.807) is 10.7 Å². The molecule has 0 spiro atoms. The molecule has 2 aliphatic heterocycles.